The molecule has 2 nitrogen and oxygen atoms in total. The lowest BCUT2D eigenvalue weighted by atomic mass is 10.2. The second kappa shape index (κ2) is 5.29. The Morgan fingerprint density at radius 2 is 2.00 bits per heavy atom. The van der Waals surface area contributed by atoms with Crippen LogP contribution in [0.5, 0.6) is 0 Å². The van der Waals surface area contributed by atoms with Crippen LogP contribution in [0, 0.1) is 0 Å². The van der Waals surface area contributed by atoms with Gasteiger partial charge in [0.25, 0.3) is 0 Å². The molecule has 1 aromatic heterocycles. The van der Waals surface area contributed by atoms with Crippen molar-refractivity contribution in [2.75, 3.05) is 5.32 Å². The SMILES string of the molecule is CC(Nc1c(Br)cccc1Br)c1cncs1. The number of nitrogens with one attached hydrogen (secondary N) is 1. The van der Waals surface area contributed by atoms with E-state index in [9.17, 15) is 0 Å². The van der Waals surface area contributed by atoms with Crippen molar-refractivity contribution < 1.29 is 0 Å². The summed E-state index contributed by atoms with van der Waals surface area (Å²) in [6.45, 7) is 2.12. The van der Waals surface area contributed by atoms with E-state index in [1.807, 2.05) is 29.9 Å². The fraction of sp³-hybridized carbons (Fsp3) is 0.182. The molecule has 1 unspecified atom stereocenters. The van der Waals surface area contributed by atoms with Crippen LogP contribution in [0.1, 0.15) is 17.8 Å². The van der Waals surface area contributed by atoms with E-state index in [0.717, 1.165) is 14.6 Å². The second-order valence-electron chi connectivity index (χ2n) is 3.37. The van der Waals surface area contributed by atoms with E-state index in [0.29, 0.717) is 0 Å². The van der Waals surface area contributed by atoms with E-state index in [1.54, 1.807) is 11.3 Å². The van der Waals surface area contributed by atoms with Gasteiger partial charge in [0.15, 0.2) is 0 Å². The van der Waals surface area contributed by atoms with Crippen LogP contribution in [0.4, 0.5) is 5.69 Å². The highest BCUT2D eigenvalue weighted by Gasteiger charge is 2.10. The van der Waals surface area contributed by atoms with Crippen LogP contribution >= 0.6 is 43.2 Å². The maximum atomic E-state index is 4.08. The number of anilines is 1. The minimum absolute atomic E-state index is 0.252. The predicted octanol–water partition coefficient (Wildman–Crippen LogP) is 4.84. The molecule has 1 N–H and O–H groups in total. The molecular formula is C11H10Br2N2S. The number of thiazole rings is 1. The number of halogens is 2. The summed E-state index contributed by atoms with van der Waals surface area (Å²) in [6, 6.07) is 6.29. The lowest BCUT2D eigenvalue weighted by Gasteiger charge is -2.16. The third-order valence-electron chi connectivity index (χ3n) is 2.20. The first-order chi connectivity index (χ1) is 7.68. The Morgan fingerprint density at radius 3 is 2.56 bits per heavy atom. The summed E-state index contributed by atoms with van der Waals surface area (Å²) in [5.41, 5.74) is 2.92. The molecule has 0 spiro atoms. The van der Waals surface area contributed by atoms with Gasteiger partial charge in [-0.1, -0.05) is 6.07 Å². The molecule has 2 rings (SSSR count). The molecule has 0 aliphatic heterocycles. The molecule has 16 heavy (non-hydrogen) atoms. The fourth-order valence-electron chi connectivity index (χ4n) is 1.36. The van der Waals surface area contributed by atoms with Gasteiger partial charge in [-0.05, 0) is 50.9 Å². The first-order valence-electron chi connectivity index (χ1n) is 4.77. The molecule has 1 aromatic carbocycles. The lowest BCUT2D eigenvalue weighted by Crippen LogP contribution is -2.05. The van der Waals surface area contributed by atoms with Crippen LogP contribution in [-0.2, 0) is 0 Å². The Morgan fingerprint density at radius 1 is 1.31 bits per heavy atom. The molecule has 5 heteroatoms. The molecule has 0 radical (unpaired) electrons. The number of rotatable bonds is 3. The molecule has 2 aromatic rings. The summed E-state index contributed by atoms with van der Waals surface area (Å²) >= 11 is 8.73. The van der Waals surface area contributed by atoms with Crippen molar-refractivity contribution in [1.82, 2.24) is 4.98 Å². The van der Waals surface area contributed by atoms with Crippen LogP contribution in [0.25, 0.3) is 0 Å². The highest BCUT2D eigenvalue weighted by atomic mass is 79.9. The topological polar surface area (TPSA) is 24.9 Å². The number of aromatic nitrogens is 1. The van der Waals surface area contributed by atoms with Gasteiger partial charge in [0.2, 0.25) is 0 Å². The van der Waals surface area contributed by atoms with Crippen LogP contribution in [0.15, 0.2) is 38.9 Å². The molecule has 84 valence electrons. The van der Waals surface area contributed by atoms with Crippen LogP contribution in [-0.4, -0.2) is 4.98 Å². The number of hydrogen-bond acceptors (Lipinski definition) is 3. The predicted molar refractivity (Wildman–Crippen MR) is 76.0 cm³/mol. The van der Waals surface area contributed by atoms with E-state index >= 15 is 0 Å². The van der Waals surface area contributed by atoms with Gasteiger partial charge >= 0.3 is 0 Å². The molecule has 0 bridgehead atoms. The Labute approximate surface area is 115 Å². The standard InChI is InChI=1S/C11H10Br2N2S/c1-7(10-5-14-6-16-10)15-11-8(12)3-2-4-9(11)13/h2-7,15H,1H3. The Hall–Kier alpha value is -0.390. The monoisotopic (exact) mass is 360 g/mol. The average Bonchev–Trinajstić information content (AvgIpc) is 2.76. The van der Waals surface area contributed by atoms with Crippen LogP contribution in [0.2, 0.25) is 0 Å². The first kappa shape index (κ1) is 12.1. The Bertz CT molecular complexity index is 451. The first-order valence-corrected chi connectivity index (χ1v) is 7.24. The van der Waals surface area contributed by atoms with E-state index in [-0.39, 0.29) is 6.04 Å². The number of hydrogen-bond donors (Lipinski definition) is 1. The summed E-state index contributed by atoms with van der Waals surface area (Å²) in [5.74, 6) is 0. The van der Waals surface area contributed by atoms with Gasteiger partial charge in [0.05, 0.1) is 17.2 Å². The summed E-state index contributed by atoms with van der Waals surface area (Å²) < 4.78 is 2.11. The Kier molecular flexibility index (Phi) is 4.00. The average molecular weight is 362 g/mol. The quantitative estimate of drug-likeness (QED) is 0.845. The maximum absolute atomic E-state index is 4.08. The van der Waals surface area contributed by atoms with Gasteiger partial charge in [-0.25, -0.2) is 0 Å². The molecule has 1 atom stereocenters. The highest BCUT2D eigenvalue weighted by molar-refractivity contribution is 9.11. The molecule has 1 heterocycles. The summed E-state index contributed by atoms with van der Waals surface area (Å²) in [4.78, 5) is 5.31. The summed E-state index contributed by atoms with van der Waals surface area (Å²) in [7, 11) is 0. The van der Waals surface area contributed by atoms with Crippen molar-refractivity contribution in [3.8, 4) is 0 Å². The second-order valence-corrected chi connectivity index (χ2v) is 5.99. The highest BCUT2D eigenvalue weighted by Crippen LogP contribution is 2.33. The third-order valence-corrected chi connectivity index (χ3v) is 4.48. The third kappa shape index (κ3) is 2.64. The maximum Gasteiger partial charge on any atom is 0.0795 e. The van der Waals surface area contributed by atoms with E-state index < -0.39 is 0 Å². The van der Waals surface area contributed by atoms with E-state index in [4.69, 9.17) is 0 Å². The van der Waals surface area contributed by atoms with Gasteiger partial charge in [-0.2, -0.15) is 0 Å². The zero-order chi connectivity index (χ0) is 11.5. The van der Waals surface area contributed by atoms with E-state index in [2.05, 4.69) is 49.1 Å². The Balaban J connectivity index is 2.21. The summed E-state index contributed by atoms with van der Waals surface area (Å²) in [5, 5.41) is 3.46. The number of benzene rings is 1. The molecule has 0 saturated carbocycles. The zero-order valence-electron chi connectivity index (χ0n) is 8.58. The normalized spacial score (nSPS) is 12.4. The molecule has 0 fully saturated rings. The van der Waals surface area contributed by atoms with E-state index in [1.165, 1.54) is 4.88 Å². The molecule has 0 saturated heterocycles. The molecule has 0 aliphatic carbocycles. The fourth-order valence-corrected chi connectivity index (χ4v) is 3.22. The van der Waals surface area contributed by atoms with Crippen molar-refractivity contribution in [3.63, 3.8) is 0 Å². The van der Waals surface area contributed by atoms with Gasteiger partial charge < -0.3 is 5.32 Å². The van der Waals surface area contributed by atoms with Gasteiger partial charge in [-0.15, -0.1) is 11.3 Å². The lowest BCUT2D eigenvalue weighted by molar-refractivity contribution is 0.901. The number of para-hydroxylation sites is 1. The van der Waals surface area contributed by atoms with Gasteiger partial charge in [0, 0.05) is 20.0 Å². The van der Waals surface area contributed by atoms with Gasteiger partial charge in [-0.3, -0.25) is 4.98 Å². The molecular weight excluding hydrogens is 352 g/mol. The van der Waals surface area contributed by atoms with Crippen molar-refractivity contribution in [2.45, 2.75) is 13.0 Å². The number of nitrogens with zero attached hydrogens (tertiary/aromatic N) is 1. The molecule has 0 aliphatic rings. The van der Waals surface area contributed by atoms with Crippen LogP contribution < -0.4 is 5.32 Å². The minimum atomic E-state index is 0.252. The van der Waals surface area contributed by atoms with Crippen molar-refractivity contribution in [3.05, 3.63) is 43.7 Å². The van der Waals surface area contributed by atoms with Crippen molar-refractivity contribution >= 4 is 48.9 Å². The minimum Gasteiger partial charge on any atom is -0.376 e. The van der Waals surface area contributed by atoms with Crippen molar-refractivity contribution in [2.24, 2.45) is 0 Å². The van der Waals surface area contributed by atoms with Crippen LogP contribution in [0.3, 0.4) is 0 Å². The van der Waals surface area contributed by atoms with Crippen molar-refractivity contribution in [1.29, 1.82) is 0 Å². The largest absolute Gasteiger partial charge is 0.376 e. The van der Waals surface area contributed by atoms with Gasteiger partial charge in [0.1, 0.15) is 0 Å². The zero-order valence-corrected chi connectivity index (χ0v) is 12.6. The molecule has 0 amide bonds. The summed E-state index contributed by atoms with van der Waals surface area (Å²) in [6.07, 6.45) is 1.90. The smallest absolute Gasteiger partial charge is 0.0795 e.